The molecule has 0 fully saturated rings. The summed E-state index contributed by atoms with van der Waals surface area (Å²) < 4.78 is 32.9. The smallest absolute Gasteiger partial charge is 0.271 e. The Kier molecular flexibility index (Phi) is 5.00. The van der Waals surface area contributed by atoms with Crippen LogP contribution in [0.4, 0.5) is 5.69 Å². The maximum Gasteiger partial charge on any atom is 0.271 e. The standard InChI is InChI=1S/C14H18N2O3S2/c1-10-7-14(20-13(10)8-15)21(17,18)16-12-6-4-3-5-11(12)9-19-2/h3-7,16H,8-9,15H2,1-2H3. The highest BCUT2D eigenvalue weighted by atomic mass is 32.2. The molecule has 1 heterocycles. The number of sulfonamides is 1. The molecule has 0 unspecified atom stereocenters. The lowest BCUT2D eigenvalue weighted by Crippen LogP contribution is -2.13. The molecule has 0 radical (unpaired) electrons. The summed E-state index contributed by atoms with van der Waals surface area (Å²) in [6, 6.07) is 8.81. The van der Waals surface area contributed by atoms with Gasteiger partial charge in [0.05, 0.1) is 12.3 Å². The minimum atomic E-state index is -3.61. The van der Waals surface area contributed by atoms with Crippen LogP contribution >= 0.6 is 11.3 Å². The van der Waals surface area contributed by atoms with Crippen LogP contribution in [0.5, 0.6) is 0 Å². The number of anilines is 1. The third-order valence-electron chi connectivity index (χ3n) is 3.01. The minimum Gasteiger partial charge on any atom is -0.380 e. The van der Waals surface area contributed by atoms with Gasteiger partial charge < -0.3 is 10.5 Å². The average molecular weight is 326 g/mol. The van der Waals surface area contributed by atoms with Gasteiger partial charge in [-0.1, -0.05) is 18.2 Å². The Bertz CT molecular complexity index is 724. The van der Waals surface area contributed by atoms with E-state index in [1.165, 1.54) is 11.3 Å². The number of methoxy groups -OCH3 is 1. The Labute approximate surface area is 128 Å². The van der Waals surface area contributed by atoms with Crippen molar-refractivity contribution in [3.63, 3.8) is 0 Å². The van der Waals surface area contributed by atoms with Gasteiger partial charge in [-0.15, -0.1) is 11.3 Å². The predicted molar refractivity (Wildman–Crippen MR) is 84.9 cm³/mol. The summed E-state index contributed by atoms with van der Waals surface area (Å²) in [7, 11) is -2.04. The highest BCUT2D eigenvalue weighted by molar-refractivity contribution is 7.94. The summed E-state index contributed by atoms with van der Waals surface area (Å²) in [5.74, 6) is 0. The van der Waals surface area contributed by atoms with Crippen LogP contribution in [0, 0.1) is 6.92 Å². The van der Waals surface area contributed by atoms with Crippen LogP contribution in [0.3, 0.4) is 0 Å². The van der Waals surface area contributed by atoms with Crippen LogP contribution in [-0.2, 0) is 27.9 Å². The molecule has 0 spiro atoms. The molecule has 0 amide bonds. The summed E-state index contributed by atoms with van der Waals surface area (Å²) in [5, 5.41) is 0. The van der Waals surface area contributed by atoms with Crippen LogP contribution < -0.4 is 10.5 Å². The molecule has 114 valence electrons. The molecule has 3 N–H and O–H groups in total. The van der Waals surface area contributed by atoms with Crippen molar-refractivity contribution in [1.29, 1.82) is 0 Å². The molecular formula is C14H18N2O3S2. The first-order valence-corrected chi connectivity index (χ1v) is 8.67. The maximum atomic E-state index is 12.5. The van der Waals surface area contributed by atoms with Crippen molar-refractivity contribution in [1.82, 2.24) is 0 Å². The third kappa shape index (κ3) is 3.62. The molecule has 0 bridgehead atoms. The second kappa shape index (κ2) is 6.57. The van der Waals surface area contributed by atoms with Crippen molar-refractivity contribution < 1.29 is 13.2 Å². The molecule has 7 heteroatoms. The van der Waals surface area contributed by atoms with Crippen molar-refractivity contribution in [2.75, 3.05) is 11.8 Å². The van der Waals surface area contributed by atoms with E-state index in [1.54, 1.807) is 25.3 Å². The largest absolute Gasteiger partial charge is 0.380 e. The zero-order valence-corrected chi connectivity index (χ0v) is 13.6. The van der Waals surface area contributed by atoms with E-state index in [2.05, 4.69) is 4.72 Å². The fraction of sp³-hybridized carbons (Fsp3) is 0.286. The Morgan fingerprint density at radius 3 is 2.67 bits per heavy atom. The average Bonchev–Trinajstić information content (AvgIpc) is 2.83. The molecule has 0 saturated carbocycles. The Morgan fingerprint density at radius 2 is 2.05 bits per heavy atom. The van der Waals surface area contributed by atoms with E-state index in [0.29, 0.717) is 18.8 Å². The van der Waals surface area contributed by atoms with Crippen molar-refractivity contribution >= 4 is 27.0 Å². The first-order valence-electron chi connectivity index (χ1n) is 6.37. The van der Waals surface area contributed by atoms with Crippen LogP contribution in [-0.4, -0.2) is 15.5 Å². The number of thiophene rings is 1. The van der Waals surface area contributed by atoms with Gasteiger partial charge in [0.2, 0.25) is 0 Å². The van der Waals surface area contributed by atoms with Gasteiger partial charge in [0.15, 0.2) is 0 Å². The highest BCUT2D eigenvalue weighted by Crippen LogP contribution is 2.28. The molecule has 1 aromatic heterocycles. The number of aryl methyl sites for hydroxylation is 1. The number of hydrogen-bond donors (Lipinski definition) is 2. The van der Waals surface area contributed by atoms with E-state index < -0.39 is 10.0 Å². The Balaban J connectivity index is 2.33. The topological polar surface area (TPSA) is 81.4 Å². The zero-order chi connectivity index (χ0) is 15.5. The first kappa shape index (κ1) is 16.0. The lowest BCUT2D eigenvalue weighted by Gasteiger charge is -2.11. The summed E-state index contributed by atoms with van der Waals surface area (Å²) in [6.07, 6.45) is 0. The van der Waals surface area contributed by atoms with Gasteiger partial charge in [-0.05, 0) is 24.6 Å². The third-order valence-corrected chi connectivity index (χ3v) is 6.11. The van der Waals surface area contributed by atoms with Gasteiger partial charge in [0, 0.05) is 24.1 Å². The van der Waals surface area contributed by atoms with Crippen LogP contribution in [0.2, 0.25) is 0 Å². The lowest BCUT2D eigenvalue weighted by molar-refractivity contribution is 0.185. The second-order valence-corrected chi connectivity index (χ2v) is 7.62. The fourth-order valence-electron chi connectivity index (χ4n) is 1.92. The number of benzene rings is 1. The molecular weight excluding hydrogens is 308 g/mol. The first-order chi connectivity index (χ1) is 9.97. The van der Waals surface area contributed by atoms with E-state index in [4.69, 9.17) is 10.5 Å². The number of nitrogens with one attached hydrogen (secondary N) is 1. The maximum absolute atomic E-state index is 12.5. The molecule has 0 aliphatic rings. The number of ether oxygens (including phenoxy) is 1. The Hall–Kier alpha value is -1.41. The normalized spacial score (nSPS) is 11.6. The molecule has 0 atom stereocenters. The monoisotopic (exact) mass is 326 g/mol. The SMILES string of the molecule is COCc1ccccc1NS(=O)(=O)c1cc(C)c(CN)s1. The van der Waals surface area contributed by atoms with Gasteiger partial charge in [-0.2, -0.15) is 0 Å². The molecule has 0 aliphatic carbocycles. The summed E-state index contributed by atoms with van der Waals surface area (Å²) in [6.45, 7) is 2.54. The molecule has 2 rings (SSSR count). The lowest BCUT2D eigenvalue weighted by atomic mass is 10.2. The van der Waals surface area contributed by atoms with E-state index >= 15 is 0 Å². The van der Waals surface area contributed by atoms with E-state index in [0.717, 1.165) is 16.0 Å². The number of para-hydroxylation sites is 1. The Morgan fingerprint density at radius 1 is 1.33 bits per heavy atom. The van der Waals surface area contributed by atoms with Crippen LogP contribution in [0.25, 0.3) is 0 Å². The van der Waals surface area contributed by atoms with Crippen LogP contribution in [0.1, 0.15) is 16.0 Å². The minimum absolute atomic E-state index is 0.271. The van der Waals surface area contributed by atoms with E-state index in [1.807, 2.05) is 19.1 Å². The number of rotatable bonds is 6. The van der Waals surface area contributed by atoms with Crippen molar-refractivity contribution in [2.24, 2.45) is 5.73 Å². The summed E-state index contributed by atoms with van der Waals surface area (Å²) in [5.41, 5.74) is 7.81. The summed E-state index contributed by atoms with van der Waals surface area (Å²) in [4.78, 5) is 0.876. The molecule has 21 heavy (non-hydrogen) atoms. The molecule has 5 nitrogen and oxygen atoms in total. The quantitative estimate of drug-likeness (QED) is 0.854. The zero-order valence-electron chi connectivity index (χ0n) is 11.9. The molecule has 2 aromatic rings. The molecule has 0 aliphatic heterocycles. The van der Waals surface area contributed by atoms with Gasteiger partial charge in [0.1, 0.15) is 4.21 Å². The highest BCUT2D eigenvalue weighted by Gasteiger charge is 2.19. The summed E-state index contributed by atoms with van der Waals surface area (Å²) >= 11 is 1.20. The van der Waals surface area contributed by atoms with Gasteiger partial charge in [-0.25, -0.2) is 8.42 Å². The number of hydrogen-bond acceptors (Lipinski definition) is 5. The second-order valence-electron chi connectivity index (χ2n) is 4.57. The van der Waals surface area contributed by atoms with Crippen molar-refractivity contribution in [3.8, 4) is 0 Å². The predicted octanol–water partition coefficient (Wildman–Crippen LogP) is 2.46. The van der Waals surface area contributed by atoms with Crippen molar-refractivity contribution in [2.45, 2.75) is 24.3 Å². The molecule has 0 saturated heterocycles. The van der Waals surface area contributed by atoms with Gasteiger partial charge >= 0.3 is 0 Å². The van der Waals surface area contributed by atoms with Gasteiger partial charge in [0.25, 0.3) is 10.0 Å². The van der Waals surface area contributed by atoms with Crippen LogP contribution in [0.15, 0.2) is 34.5 Å². The fourth-order valence-corrected chi connectivity index (χ4v) is 4.49. The van der Waals surface area contributed by atoms with Crippen molar-refractivity contribution in [3.05, 3.63) is 46.3 Å². The number of nitrogens with two attached hydrogens (primary N) is 1. The molecule has 1 aromatic carbocycles. The van der Waals surface area contributed by atoms with E-state index in [9.17, 15) is 8.42 Å². The van der Waals surface area contributed by atoms with Gasteiger partial charge in [-0.3, -0.25) is 4.72 Å². The van der Waals surface area contributed by atoms with E-state index in [-0.39, 0.29) is 4.21 Å².